The third kappa shape index (κ3) is 6.22. The molecule has 2 aromatic carbocycles. The Hall–Kier alpha value is -4.31. The summed E-state index contributed by atoms with van der Waals surface area (Å²) < 4.78 is 5.13. The second-order valence-electron chi connectivity index (χ2n) is 8.18. The molecule has 36 heavy (non-hydrogen) atoms. The van der Waals surface area contributed by atoms with Gasteiger partial charge in [0.05, 0.1) is 12.3 Å². The SMILES string of the molecule is COCC1C(=O)N(CC(=O)N[C@@H](Cc2ccccc2)C(=O)C(=O)O)C(c2ccccc2)=CN1C(C)=O. The van der Waals surface area contributed by atoms with Gasteiger partial charge in [0.1, 0.15) is 18.6 Å². The maximum Gasteiger partial charge on any atom is 0.374 e. The molecule has 10 nitrogen and oxygen atoms in total. The first-order valence-electron chi connectivity index (χ1n) is 11.2. The number of amides is 3. The molecular formula is C26H27N3O7. The average molecular weight is 494 g/mol. The summed E-state index contributed by atoms with van der Waals surface area (Å²) in [5, 5.41) is 11.7. The van der Waals surface area contributed by atoms with Gasteiger partial charge in [-0.1, -0.05) is 60.7 Å². The van der Waals surface area contributed by atoms with E-state index in [1.807, 2.05) is 0 Å². The van der Waals surface area contributed by atoms with E-state index in [9.17, 15) is 29.1 Å². The number of carboxylic acids is 1. The molecule has 0 saturated carbocycles. The van der Waals surface area contributed by atoms with Crippen molar-refractivity contribution in [3.8, 4) is 0 Å². The van der Waals surface area contributed by atoms with Gasteiger partial charge < -0.3 is 20.1 Å². The van der Waals surface area contributed by atoms with Crippen molar-refractivity contribution in [2.75, 3.05) is 20.3 Å². The summed E-state index contributed by atoms with van der Waals surface area (Å²) in [4.78, 5) is 64.9. The Morgan fingerprint density at radius 3 is 2.19 bits per heavy atom. The van der Waals surface area contributed by atoms with Crippen molar-refractivity contribution in [3.63, 3.8) is 0 Å². The standard InChI is InChI=1S/C26H27N3O7/c1-17(30)28-14-21(19-11-7-4-8-12-19)29(25(33)22(28)16-36-2)15-23(31)27-20(24(32)26(34)35)13-18-9-5-3-6-10-18/h3-12,14,20,22H,13,15-16H2,1-2H3,(H,27,31)(H,34,35)/t20-,22?/m0/s1. The molecule has 2 atom stereocenters. The van der Waals surface area contributed by atoms with Crippen LogP contribution in [-0.2, 0) is 35.1 Å². The van der Waals surface area contributed by atoms with Crippen LogP contribution < -0.4 is 5.32 Å². The van der Waals surface area contributed by atoms with E-state index in [1.54, 1.807) is 60.7 Å². The second-order valence-corrected chi connectivity index (χ2v) is 8.18. The minimum atomic E-state index is -1.67. The fourth-order valence-corrected chi connectivity index (χ4v) is 3.92. The molecule has 1 heterocycles. The third-order valence-corrected chi connectivity index (χ3v) is 5.64. The molecule has 1 aliphatic heterocycles. The van der Waals surface area contributed by atoms with Gasteiger partial charge in [0.25, 0.3) is 11.7 Å². The van der Waals surface area contributed by atoms with E-state index in [-0.39, 0.29) is 18.9 Å². The summed E-state index contributed by atoms with van der Waals surface area (Å²) >= 11 is 0. The van der Waals surface area contributed by atoms with Crippen LogP contribution in [-0.4, -0.2) is 76.7 Å². The van der Waals surface area contributed by atoms with Crippen molar-refractivity contribution in [2.45, 2.75) is 25.4 Å². The predicted molar refractivity (Wildman–Crippen MR) is 129 cm³/mol. The lowest BCUT2D eigenvalue weighted by molar-refractivity contribution is -0.150. The number of nitrogens with one attached hydrogen (secondary N) is 1. The van der Waals surface area contributed by atoms with E-state index in [0.717, 1.165) is 0 Å². The average Bonchev–Trinajstić information content (AvgIpc) is 2.86. The number of carboxylic acid groups (broad SMARTS) is 1. The van der Waals surface area contributed by atoms with E-state index in [4.69, 9.17) is 4.74 Å². The Morgan fingerprint density at radius 2 is 1.64 bits per heavy atom. The Labute approximate surface area is 208 Å². The number of aliphatic carboxylic acids is 1. The molecule has 0 aromatic heterocycles. The third-order valence-electron chi connectivity index (χ3n) is 5.64. The van der Waals surface area contributed by atoms with Crippen LogP contribution in [0.2, 0.25) is 0 Å². The van der Waals surface area contributed by atoms with Crippen molar-refractivity contribution >= 4 is 35.2 Å². The number of hydrogen-bond donors (Lipinski definition) is 2. The molecule has 1 unspecified atom stereocenters. The highest BCUT2D eigenvalue weighted by molar-refractivity contribution is 6.35. The van der Waals surface area contributed by atoms with Gasteiger partial charge in [-0.2, -0.15) is 0 Å². The normalized spacial score (nSPS) is 16.2. The Balaban J connectivity index is 1.90. The van der Waals surface area contributed by atoms with Crippen LogP contribution in [0.1, 0.15) is 18.1 Å². The second kappa shape index (κ2) is 11.9. The Kier molecular flexibility index (Phi) is 8.69. The van der Waals surface area contributed by atoms with Gasteiger partial charge in [-0.25, -0.2) is 4.79 Å². The number of ketones is 1. The summed E-state index contributed by atoms with van der Waals surface area (Å²) in [5.74, 6) is -4.50. The molecule has 0 aliphatic carbocycles. The molecule has 0 fully saturated rings. The number of methoxy groups -OCH3 is 1. The van der Waals surface area contributed by atoms with Crippen molar-refractivity contribution in [1.82, 2.24) is 15.1 Å². The lowest BCUT2D eigenvalue weighted by Gasteiger charge is -2.38. The summed E-state index contributed by atoms with van der Waals surface area (Å²) in [6, 6.07) is 15.1. The Bertz CT molecular complexity index is 1160. The molecule has 0 bridgehead atoms. The van der Waals surface area contributed by atoms with E-state index < -0.39 is 42.2 Å². The zero-order valence-electron chi connectivity index (χ0n) is 19.9. The van der Waals surface area contributed by atoms with Crippen LogP contribution in [0.3, 0.4) is 0 Å². The quantitative estimate of drug-likeness (QED) is 0.473. The van der Waals surface area contributed by atoms with E-state index in [0.29, 0.717) is 16.8 Å². The molecule has 0 saturated heterocycles. The zero-order valence-corrected chi connectivity index (χ0v) is 19.9. The van der Waals surface area contributed by atoms with Crippen LogP contribution in [0, 0.1) is 0 Å². The summed E-state index contributed by atoms with van der Waals surface area (Å²) in [5.41, 5.74) is 1.55. The fourth-order valence-electron chi connectivity index (χ4n) is 3.92. The van der Waals surface area contributed by atoms with Crippen molar-refractivity contribution in [2.24, 2.45) is 0 Å². The number of nitrogens with zero attached hydrogens (tertiary/aromatic N) is 2. The van der Waals surface area contributed by atoms with Gasteiger partial charge in [0, 0.05) is 26.7 Å². The van der Waals surface area contributed by atoms with Crippen LogP contribution in [0.4, 0.5) is 0 Å². The smallest absolute Gasteiger partial charge is 0.374 e. The van der Waals surface area contributed by atoms with E-state index in [1.165, 1.54) is 30.0 Å². The van der Waals surface area contributed by atoms with Crippen LogP contribution in [0.25, 0.3) is 5.70 Å². The van der Waals surface area contributed by atoms with Gasteiger partial charge >= 0.3 is 5.97 Å². The summed E-state index contributed by atoms with van der Waals surface area (Å²) in [7, 11) is 1.39. The number of hydrogen-bond acceptors (Lipinski definition) is 6. The maximum atomic E-state index is 13.4. The number of carbonyl (C=O) groups is 5. The van der Waals surface area contributed by atoms with Crippen LogP contribution >= 0.6 is 0 Å². The minimum Gasteiger partial charge on any atom is -0.475 e. The van der Waals surface area contributed by atoms with E-state index in [2.05, 4.69) is 5.32 Å². The lowest BCUT2D eigenvalue weighted by Crippen LogP contribution is -2.56. The molecule has 3 amide bonds. The van der Waals surface area contributed by atoms with Crippen molar-refractivity contribution in [3.05, 3.63) is 78.0 Å². The molecular weight excluding hydrogens is 466 g/mol. The number of ether oxygens (including phenoxy) is 1. The molecule has 2 aromatic rings. The predicted octanol–water partition coefficient (Wildman–Crippen LogP) is 1.07. The highest BCUT2D eigenvalue weighted by Crippen LogP contribution is 2.27. The monoisotopic (exact) mass is 493 g/mol. The first kappa shape index (κ1) is 26.3. The highest BCUT2D eigenvalue weighted by atomic mass is 16.5. The number of benzene rings is 2. The first-order valence-corrected chi connectivity index (χ1v) is 11.2. The van der Waals surface area contributed by atoms with Gasteiger partial charge in [0.15, 0.2) is 0 Å². The lowest BCUT2D eigenvalue weighted by atomic mass is 10.0. The van der Waals surface area contributed by atoms with Crippen molar-refractivity contribution in [1.29, 1.82) is 0 Å². The zero-order chi connectivity index (χ0) is 26.2. The largest absolute Gasteiger partial charge is 0.475 e. The minimum absolute atomic E-state index is 0.0303. The molecule has 2 N–H and O–H groups in total. The van der Waals surface area contributed by atoms with Crippen LogP contribution in [0.15, 0.2) is 66.9 Å². The molecule has 3 rings (SSSR count). The van der Waals surface area contributed by atoms with E-state index >= 15 is 0 Å². The number of rotatable bonds is 10. The molecule has 10 heteroatoms. The topological polar surface area (TPSA) is 133 Å². The first-order chi connectivity index (χ1) is 17.2. The van der Waals surface area contributed by atoms with Gasteiger partial charge in [-0.15, -0.1) is 0 Å². The molecule has 188 valence electrons. The molecule has 1 aliphatic rings. The number of Topliss-reactive ketones (excluding diaryl/α,β-unsaturated/α-hetero) is 1. The van der Waals surface area contributed by atoms with Gasteiger partial charge in [0.2, 0.25) is 11.8 Å². The fraction of sp³-hybridized carbons (Fsp3) is 0.269. The maximum absolute atomic E-state index is 13.4. The summed E-state index contributed by atoms with van der Waals surface area (Å²) in [6.07, 6.45) is 1.46. The Morgan fingerprint density at radius 1 is 1.03 bits per heavy atom. The molecule has 0 spiro atoms. The van der Waals surface area contributed by atoms with Gasteiger partial charge in [-0.3, -0.25) is 24.1 Å². The molecule has 0 radical (unpaired) electrons. The van der Waals surface area contributed by atoms with Gasteiger partial charge in [-0.05, 0) is 11.1 Å². The number of carbonyl (C=O) groups excluding carboxylic acids is 4. The summed E-state index contributed by atoms with van der Waals surface area (Å²) in [6.45, 7) is 0.732. The van der Waals surface area contributed by atoms with Crippen molar-refractivity contribution < 1.29 is 33.8 Å². The highest BCUT2D eigenvalue weighted by Gasteiger charge is 2.39. The van der Waals surface area contributed by atoms with Crippen LogP contribution in [0.5, 0.6) is 0 Å².